The molecule has 0 amide bonds. The van der Waals surface area contributed by atoms with Crippen molar-refractivity contribution in [1.29, 1.82) is 0 Å². The van der Waals surface area contributed by atoms with E-state index in [2.05, 4.69) is 32.9 Å². The summed E-state index contributed by atoms with van der Waals surface area (Å²) in [6.07, 6.45) is 10.4. The molecule has 0 aliphatic carbocycles. The quantitative estimate of drug-likeness (QED) is 0.413. The molecule has 0 rings (SSSR count). The van der Waals surface area contributed by atoms with E-state index in [1.807, 2.05) is 0 Å². The molecule has 17 heavy (non-hydrogen) atoms. The summed E-state index contributed by atoms with van der Waals surface area (Å²) >= 11 is 5.66. The molecule has 0 bridgehead atoms. The first-order valence-corrected chi connectivity index (χ1v) is 7.10. The Morgan fingerprint density at radius 2 is 2.00 bits per heavy atom. The van der Waals surface area contributed by atoms with Gasteiger partial charge >= 0.3 is 0 Å². The molecule has 0 spiro atoms. The summed E-state index contributed by atoms with van der Waals surface area (Å²) in [7, 11) is 1.80. The SMILES string of the molecule is CCCCC(OC)/C(C)=C/CC/C(C)=C/CCl. The Morgan fingerprint density at radius 3 is 2.53 bits per heavy atom. The van der Waals surface area contributed by atoms with E-state index in [-0.39, 0.29) is 0 Å². The molecule has 0 aliphatic heterocycles. The maximum atomic E-state index is 5.66. The zero-order chi connectivity index (χ0) is 13.1. The third-order valence-electron chi connectivity index (χ3n) is 3.04. The minimum Gasteiger partial charge on any atom is -0.377 e. The highest BCUT2D eigenvalue weighted by molar-refractivity contribution is 6.18. The van der Waals surface area contributed by atoms with E-state index in [1.165, 1.54) is 24.0 Å². The monoisotopic (exact) mass is 258 g/mol. The molecule has 0 aromatic heterocycles. The Bertz CT molecular complexity index is 243. The molecule has 0 saturated heterocycles. The lowest BCUT2D eigenvalue weighted by Crippen LogP contribution is -2.11. The van der Waals surface area contributed by atoms with Crippen molar-refractivity contribution in [2.24, 2.45) is 0 Å². The van der Waals surface area contributed by atoms with Crippen LogP contribution in [0.2, 0.25) is 0 Å². The average molecular weight is 259 g/mol. The summed E-state index contributed by atoms with van der Waals surface area (Å²) in [6, 6.07) is 0. The van der Waals surface area contributed by atoms with E-state index < -0.39 is 0 Å². The maximum Gasteiger partial charge on any atom is 0.0778 e. The molecule has 2 heteroatoms. The second-order valence-corrected chi connectivity index (χ2v) is 4.87. The molecule has 100 valence electrons. The largest absolute Gasteiger partial charge is 0.377 e. The van der Waals surface area contributed by atoms with Gasteiger partial charge in [0, 0.05) is 13.0 Å². The normalized spacial score (nSPS) is 15.1. The lowest BCUT2D eigenvalue weighted by molar-refractivity contribution is 0.122. The van der Waals surface area contributed by atoms with E-state index >= 15 is 0 Å². The standard InChI is InChI=1S/C15H27ClO/c1-5-6-10-15(17-4)14(3)9-7-8-13(2)11-12-16/h9,11,15H,5-8,10,12H2,1-4H3/b13-11+,14-9+. The number of methoxy groups -OCH3 is 1. The van der Waals surface area contributed by atoms with Crippen LogP contribution in [0, 0.1) is 0 Å². The van der Waals surface area contributed by atoms with Crippen LogP contribution in [0.4, 0.5) is 0 Å². The summed E-state index contributed by atoms with van der Waals surface area (Å²) in [5, 5.41) is 0. The van der Waals surface area contributed by atoms with Crippen LogP contribution in [-0.4, -0.2) is 19.1 Å². The van der Waals surface area contributed by atoms with Crippen molar-refractivity contribution in [3.05, 3.63) is 23.3 Å². The highest BCUT2D eigenvalue weighted by atomic mass is 35.5. The second kappa shape index (κ2) is 10.9. The molecule has 0 heterocycles. The van der Waals surface area contributed by atoms with E-state index in [9.17, 15) is 0 Å². The smallest absolute Gasteiger partial charge is 0.0778 e. The van der Waals surface area contributed by atoms with Crippen LogP contribution in [0.1, 0.15) is 52.9 Å². The van der Waals surface area contributed by atoms with Gasteiger partial charge in [-0.25, -0.2) is 0 Å². The third-order valence-corrected chi connectivity index (χ3v) is 3.20. The summed E-state index contributed by atoms with van der Waals surface area (Å²) < 4.78 is 5.52. The Labute approximate surface area is 112 Å². The predicted octanol–water partition coefficient (Wildman–Crippen LogP) is 5.10. The second-order valence-electron chi connectivity index (χ2n) is 4.56. The minimum absolute atomic E-state index is 0.298. The molecule has 0 radical (unpaired) electrons. The van der Waals surface area contributed by atoms with Gasteiger partial charge < -0.3 is 4.74 Å². The molecule has 0 N–H and O–H groups in total. The van der Waals surface area contributed by atoms with Crippen LogP contribution >= 0.6 is 11.6 Å². The molecular formula is C15H27ClO. The molecule has 1 nitrogen and oxygen atoms in total. The highest BCUT2D eigenvalue weighted by Crippen LogP contribution is 2.15. The average Bonchev–Trinajstić information content (AvgIpc) is 2.30. The van der Waals surface area contributed by atoms with Gasteiger partial charge in [0.2, 0.25) is 0 Å². The fourth-order valence-electron chi connectivity index (χ4n) is 1.81. The lowest BCUT2D eigenvalue weighted by atomic mass is 10.0. The van der Waals surface area contributed by atoms with Gasteiger partial charge in [0.15, 0.2) is 0 Å². The van der Waals surface area contributed by atoms with E-state index in [0.29, 0.717) is 12.0 Å². The van der Waals surface area contributed by atoms with Crippen LogP contribution in [0.5, 0.6) is 0 Å². The number of hydrogen-bond acceptors (Lipinski definition) is 1. The van der Waals surface area contributed by atoms with Crippen molar-refractivity contribution in [1.82, 2.24) is 0 Å². The lowest BCUT2D eigenvalue weighted by Gasteiger charge is -2.15. The summed E-state index contributed by atoms with van der Waals surface area (Å²) in [5.74, 6) is 0.617. The molecule has 1 atom stereocenters. The van der Waals surface area contributed by atoms with Gasteiger partial charge in [0.05, 0.1) is 6.10 Å². The summed E-state index contributed by atoms with van der Waals surface area (Å²) in [5.41, 5.74) is 2.73. The number of halogens is 1. The van der Waals surface area contributed by atoms with Crippen LogP contribution in [0.25, 0.3) is 0 Å². The first-order chi connectivity index (χ1) is 8.15. The van der Waals surface area contributed by atoms with Gasteiger partial charge in [-0.1, -0.05) is 37.5 Å². The van der Waals surface area contributed by atoms with Crippen molar-refractivity contribution >= 4 is 11.6 Å². The first kappa shape index (κ1) is 16.7. The molecule has 0 aliphatic rings. The molecular weight excluding hydrogens is 232 g/mol. The predicted molar refractivity (Wildman–Crippen MR) is 77.8 cm³/mol. The Morgan fingerprint density at radius 1 is 1.29 bits per heavy atom. The molecule has 0 aromatic carbocycles. The van der Waals surface area contributed by atoms with E-state index in [4.69, 9.17) is 16.3 Å². The van der Waals surface area contributed by atoms with Gasteiger partial charge in [-0.3, -0.25) is 0 Å². The van der Waals surface area contributed by atoms with E-state index in [0.717, 1.165) is 19.3 Å². The topological polar surface area (TPSA) is 9.23 Å². The van der Waals surface area contributed by atoms with Gasteiger partial charge in [-0.2, -0.15) is 0 Å². The number of hydrogen-bond donors (Lipinski definition) is 0. The molecule has 0 fully saturated rings. The van der Waals surface area contributed by atoms with Crippen LogP contribution in [-0.2, 0) is 4.74 Å². The Balaban J connectivity index is 4.08. The highest BCUT2D eigenvalue weighted by Gasteiger charge is 2.07. The van der Waals surface area contributed by atoms with Crippen LogP contribution in [0.15, 0.2) is 23.3 Å². The maximum absolute atomic E-state index is 5.66. The number of rotatable bonds is 9. The molecule has 0 aromatic rings. The fourth-order valence-corrected chi connectivity index (χ4v) is 2.08. The minimum atomic E-state index is 0.298. The van der Waals surface area contributed by atoms with Gasteiger partial charge in [0.25, 0.3) is 0 Å². The molecule has 0 saturated carbocycles. The molecule has 1 unspecified atom stereocenters. The van der Waals surface area contributed by atoms with Crippen LogP contribution < -0.4 is 0 Å². The van der Waals surface area contributed by atoms with Crippen molar-refractivity contribution in [2.45, 2.75) is 59.0 Å². The van der Waals surface area contributed by atoms with Gasteiger partial charge in [-0.15, -0.1) is 11.6 Å². The number of unbranched alkanes of at least 4 members (excludes halogenated alkanes) is 1. The zero-order valence-corrected chi connectivity index (χ0v) is 12.5. The van der Waals surface area contributed by atoms with E-state index in [1.54, 1.807) is 7.11 Å². The first-order valence-electron chi connectivity index (χ1n) is 6.56. The number of ether oxygens (including phenoxy) is 1. The van der Waals surface area contributed by atoms with Gasteiger partial charge in [-0.05, 0) is 38.7 Å². The van der Waals surface area contributed by atoms with Crippen molar-refractivity contribution in [3.8, 4) is 0 Å². The fraction of sp³-hybridized carbons (Fsp3) is 0.733. The Kier molecular flexibility index (Phi) is 10.7. The summed E-state index contributed by atoms with van der Waals surface area (Å²) in [4.78, 5) is 0. The Hall–Kier alpha value is -0.270. The summed E-state index contributed by atoms with van der Waals surface area (Å²) in [6.45, 7) is 6.52. The number of allylic oxidation sites excluding steroid dienone is 3. The zero-order valence-electron chi connectivity index (χ0n) is 11.8. The van der Waals surface area contributed by atoms with Crippen molar-refractivity contribution < 1.29 is 4.74 Å². The van der Waals surface area contributed by atoms with Gasteiger partial charge in [0.1, 0.15) is 0 Å². The van der Waals surface area contributed by atoms with Crippen LogP contribution in [0.3, 0.4) is 0 Å². The third kappa shape index (κ3) is 8.45. The van der Waals surface area contributed by atoms with Crippen molar-refractivity contribution in [3.63, 3.8) is 0 Å². The number of alkyl halides is 1. The van der Waals surface area contributed by atoms with Crippen molar-refractivity contribution in [2.75, 3.05) is 13.0 Å².